The molecule has 3 aromatic carbocycles. The number of likely N-dealkylation sites (tertiary alicyclic amines) is 1. The van der Waals surface area contributed by atoms with Crippen molar-refractivity contribution >= 4 is 5.97 Å². The van der Waals surface area contributed by atoms with Crippen LogP contribution in [0.2, 0.25) is 0 Å². The highest BCUT2D eigenvalue weighted by molar-refractivity contribution is 5.73. The van der Waals surface area contributed by atoms with Crippen molar-refractivity contribution in [1.29, 1.82) is 0 Å². The van der Waals surface area contributed by atoms with Crippen molar-refractivity contribution in [1.82, 2.24) is 4.90 Å². The molecule has 12 nitrogen and oxygen atoms in total. The Morgan fingerprint density at radius 1 is 0.688 bits per heavy atom. The van der Waals surface area contributed by atoms with Crippen LogP contribution in [0.15, 0.2) is 36.4 Å². The first-order chi connectivity index (χ1) is 23.3. The summed E-state index contributed by atoms with van der Waals surface area (Å²) >= 11 is 0. The highest BCUT2D eigenvalue weighted by Crippen LogP contribution is 2.47. The van der Waals surface area contributed by atoms with Gasteiger partial charge in [0.2, 0.25) is 11.5 Å². The van der Waals surface area contributed by atoms with Crippen molar-refractivity contribution in [2.45, 2.75) is 38.0 Å². The fourth-order valence-corrected chi connectivity index (χ4v) is 6.43. The van der Waals surface area contributed by atoms with Gasteiger partial charge in [-0.05, 0) is 55.8 Å². The van der Waals surface area contributed by atoms with Crippen molar-refractivity contribution in [3.8, 4) is 51.7 Å². The molecule has 260 valence electrons. The predicted molar refractivity (Wildman–Crippen MR) is 177 cm³/mol. The van der Waals surface area contributed by atoms with Gasteiger partial charge in [0.1, 0.15) is 23.4 Å². The van der Waals surface area contributed by atoms with Crippen molar-refractivity contribution in [3.63, 3.8) is 0 Å². The maximum Gasteiger partial charge on any atom is 0.309 e. The molecule has 12 heteroatoms. The summed E-state index contributed by atoms with van der Waals surface area (Å²) in [6, 6.07) is 11.1. The molecular weight excluding hydrogens is 622 g/mol. The maximum atomic E-state index is 13.8. The normalized spacial score (nSPS) is 17.8. The largest absolute Gasteiger partial charge is 0.496 e. The molecule has 2 atom stereocenters. The summed E-state index contributed by atoms with van der Waals surface area (Å²) in [5.41, 5.74) is 2.53. The minimum Gasteiger partial charge on any atom is -0.496 e. The number of fused-ring (bicyclic) bond motifs is 1. The molecule has 0 amide bonds. The number of esters is 1. The van der Waals surface area contributed by atoms with Crippen LogP contribution in [0.4, 0.5) is 0 Å². The second kappa shape index (κ2) is 15.5. The zero-order valence-corrected chi connectivity index (χ0v) is 28.9. The van der Waals surface area contributed by atoms with Crippen LogP contribution in [0.25, 0.3) is 0 Å². The number of hydrogen-bond acceptors (Lipinski definition) is 12. The third-order valence-corrected chi connectivity index (χ3v) is 8.93. The summed E-state index contributed by atoms with van der Waals surface area (Å²) in [4.78, 5) is 16.1. The molecule has 2 aliphatic rings. The molecule has 1 saturated heterocycles. The van der Waals surface area contributed by atoms with Gasteiger partial charge in [-0.15, -0.1) is 0 Å². The van der Waals surface area contributed by atoms with E-state index in [1.807, 2.05) is 30.3 Å². The third kappa shape index (κ3) is 7.08. The molecule has 3 aromatic rings. The number of nitrogens with zero attached hydrogens (tertiary/aromatic N) is 1. The van der Waals surface area contributed by atoms with Crippen LogP contribution in [0.1, 0.15) is 35.6 Å². The van der Waals surface area contributed by atoms with Crippen LogP contribution in [0.5, 0.6) is 51.7 Å². The molecular formula is C36H45NO11. The number of rotatable bonds is 13. The van der Waals surface area contributed by atoms with Gasteiger partial charge in [-0.25, -0.2) is 0 Å². The molecule has 48 heavy (non-hydrogen) atoms. The first-order valence-corrected chi connectivity index (χ1v) is 15.7. The molecule has 0 saturated carbocycles. The van der Waals surface area contributed by atoms with Gasteiger partial charge in [0, 0.05) is 36.2 Å². The second-order valence-electron chi connectivity index (χ2n) is 11.6. The number of carbonyl (C=O) groups excluding carboxylic acids is 1. The van der Waals surface area contributed by atoms with Gasteiger partial charge in [-0.1, -0.05) is 0 Å². The predicted octanol–water partition coefficient (Wildman–Crippen LogP) is 5.26. The Labute approximate surface area is 281 Å². The van der Waals surface area contributed by atoms with Crippen molar-refractivity contribution < 1.29 is 52.2 Å². The lowest BCUT2D eigenvalue weighted by Gasteiger charge is -2.36. The smallest absolute Gasteiger partial charge is 0.309 e. The van der Waals surface area contributed by atoms with Gasteiger partial charge in [-0.2, -0.15) is 0 Å². The number of ether oxygens (including phenoxy) is 10. The Kier molecular flexibility index (Phi) is 11.2. The van der Waals surface area contributed by atoms with E-state index in [1.54, 1.807) is 62.9 Å². The van der Waals surface area contributed by atoms with Gasteiger partial charge in [-0.3, -0.25) is 9.69 Å². The Morgan fingerprint density at radius 3 is 1.73 bits per heavy atom. The van der Waals surface area contributed by atoms with Crippen molar-refractivity contribution in [2.24, 2.45) is 5.92 Å². The number of hydrogen-bond donors (Lipinski definition) is 0. The van der Waals surface area contributed by atoms with Crippen LogP contribution in [-0.2, 0) is 22.5 Å². The van der Waals surface area contributed by atoms with E-state index in [1.165, 1.54) is 0 Å². The average Bonchev–Trinajstić information content (AvgIpc) is 3.13. The maximum absolute atomic E-state index is 13.8. The van der Waals surface area contributed by atoms with Gasteiger partial charge < -0.3 is 47.4 Å². The Hall–Kier alpha value is -4.71. The molecule has 0 unspecified atom stereocenters. The van der Waals surface area contributed by atoms with E-state index in [4.69, 9.17) is 47.4 Å². The van der Waals surface area contributed by atoms with Crippen molar-refractivity contribution in [3.05, 3.63) is 53.1 Å². The van der Waals surface area contributed by atoms with Gasteiger partial charge in [0.05, 0.1) is 62.8 Å². The molecule has 0 aliphatic carbocycles. The summed E-state index contributed by atoms with van der Waals surface area (Å²) in [5.74, 6) is 4.40. The first kappa shape index (κ1) is 34.6. The molecule has 0 radical (unpaired) electrons. The number of benzene rings is 3. The molecule has 0 aromatic heterocycles. The van der Waals surface area contributed by atoms with Crippen molar-refractivity contribution in [2.75, 3.05) is 70.0 Å². The van der Waals surface area contributed by atoms with E-state index < -0.39 is 12.2 Å². The molecule has 5 rings (SSSR count). The molecule has 2 heterocycles. The Balaban J connectivity index is 1.35. The lowest BCUT2D eigenvalue weighted by atomic mass is 9.92. The fraction of sp³-hybridized carbons (Fsp3) is 0.472. The molecule has 1 fully saturated rings. The van der Waals surface area contributed by atoms with E-state index >= 15 is 0 Å². The summed E-state index contributed by atoms with van der Waals surface area (Å²) < 4.78 is 57.4. The Morgan fingerprint density at radius 2 is 1.23 bits per heavy atom. The third-order valence-electron chi connectivity index (χ3n) is 8.93. The SMILES string of the molecule is COc1cc(OC)c2c(c1)O[C@H](c1cc(OC)c(OC)c(OC)c1)[C@H](OC(=O)C1CCN(Cc3cc(OC)c(OC)c(OC)c3)CC1)C2. The highest BCUT2D eigenvalue weighted by atomic mass is 16.6. The van der Waals surface area contributed by atoms with Gasteiger partial charge >= 0.3 is 5.97 Å². The number of carbonyl (C=O) groups is 1. The van der Waals surface area contributed by atoms with E-state index in [0.717, 1.165) is 24.2 Å². The van der Waals surface area contributed by atoms with Crippen LogP contribution < -0.4 is 42.6 Å². The van der Waals surface area contributed by atoms with Crippen LogP contribution in [0.3, 0.4) is 0 Å². The molecule has 0 bridgehead atoms. The molecule has 2 aliphatic heterocycles. The van der Waals surface area contributed by atoms with Crippen LogP contribution in [0, 0.1) is 5.92 Å². The number of piperidine rings is 1. The minimum atomic E-state index is -0.674. The molecule has 0 spiro atoms. The highest BCUT2D eigenvalue weighted by Gasteiger charge is 2.39. The first-order valence-electron chi connectivity index (χ1n) is 15.7. The summed E-state index contributed by atoms with van der Waals surface area (Å²) in [5, 5.41) is 0. The fourth-order valence-electron chi connectivity index (χ4n) is 6.43. The molecule has 0 N–H and O–H groups in total. The Bertz CT molecular complexity index is 1530. The van der Waals surface area contributed by atoms with E-state index in [-0.39, 0.29) is 11.9 Å². The van der Waals surface area contributed by atoms with Crippen LogP contribution in [-0.4, -0.2) is 86.9 Å². The minimum absolute atomic E-state index is 0.260. The summed E-state index contributed by atoms with van der Waals surface area (Å²) in [6.07, 6.45) is 0.348. The van der Waals surface area contributed by atoms with E-state index in [0.29, 0.717) is 83.1 Å². The summed E-state index contributed by atoms with van der Waals surface area (Å²) in [7, 11) is 12.6. The lowest BCUT2D eigenvalue weighted by molar-refractivity contribution is -0.162. The lowest BCUT2D eigenvalue weighted by Crippen LogP contribution is -2.40. The van der Waals surface area contributed by atoms with E-state index in [9.17, 15) is 4.79 Å². The average molecular weight is 668 g/mol. The van der Waals surface area contributed by atoms with Gasteiger partial charge in [0.25, 0.3) is 0 Å². The van der Waals surface area contributed by atoms with E-state index in [2.05, 4.69) is 4.90 Å². The monoisotopic (exact) mass is 667 g/mol. The van der Waals surface area contributed by atoms with Crippen LogP contribution >= 0.6 is 0 Å². The quantitative estimate of drug-likeness (QED) is 0.222. The zero-order chi connectivity index (χ0) is 34.4. The van der Waals surface area contributed by atoms with Gasteiger partial charge in [0.15, 0.2) is 29.1 Å². The topological polar surface area (TPSA) is 113 Å². The zero-order valence-electron chi connectivity index (χ0n) is 28.9. The summed E-state index contributed by atoms with van der Waals surface area (Å²) in [6.45, 7) is 2.13. The number of methoxy groups -OCH3 is 8. The second-order valence-corrected chi connectivity index (χ2v) is 11.6. The standard InChI is InChI=1S/C36H45NO11/c1-39-24-17-26(40-2)25-19-32(33(47-27(25)18-24)23-15-30(43-5)35(46-8)31(16-23)44-6)48-36(38)22-9-11-37(12-10-22)20-21-13-28(41-3)34(45-7)29(14-21)42-4/h13-18,22,32-33H,9-12,19-20H2,1-8H3/t32-,33-/m1/s1.